The van der Waals surface area contributed by atoms with E-state index in [1.54, 1.807) is 0 Å². The first-order valence-corrected chi connectivity index (χ1v) is 6.97. The molecule has 0 saturated heterocycles. The molecule has 118 valence electrons. The van der Waals surface area contributed by atoms with Crippen LogP contribution in [-0.4, -0.2) is 32.6 Å². The summed E-state index contributed by atoms with van der Waals surface area (Å²) in [6.07, 6.45) is 1.88. The van der Waals surface area contributed by atoms with Gasteiger partial charge in [-0.3, -0.25) is 9.59 Å². The number of alkyl halides is 3. The van der Waals surface area contributed by atoms with Crippen molar-refractivity contribution in [2.45, 2.75) is 5.51 Å². The fourth-order valence-corrected chi connectivity index (χ4v) is 2.19. The van der Waals surface area contributed by atoms with Crippen molar-refractivity contribution in [3.63, 3.8) is 0 Å². The average molecular weight is 336 g/mol. The van der Waals surface area contributed by atoms with Crippen LogP contribution in [0.15, 0.2) is 24.3 Å². The van der Waals surface area contributed by atoms with E-state index in [1.165, 1.54) is 0 Å². The maximum absolute atomic E-state index is 12.3. The lowest BCUT2D eigenvalue weighted by Crippen LogP contribution is -2.28. The lowest BCUT2D eigenvalue weighted by molar-refractivity contribution is -0.0500. The van der Waals surface area contributed by atoms with E-state index in [4.69, 9.17) is 4.74 Å². The van der Waals surface area contributed by atoms with Gasteiger partial charge < -0.3 is 8.92 Å². The first kappa shape index (κ1) is 16.0. The van der Waals surface area contributed by atoms with E-state index in [1.807, 2.05) is 0 Å². The molecule has 1 aromatic rings. The number of carbonyl (C=O) groups excluding carboxylic acids is 2. The second-order valence-corrected chi connectivity index (χ2v) is 5.63. The highest BCUT2D eigenvalue weighted by atomic mass is 32.2. The predicted octanol–water partition coefficient (Wildman–Crippen LogP) is 1.86. The highest BCUT2D eigenvalue weighted by molar-refractivity contribution is 7.88. The molecule has 0 heterocycles. The SMILES string of the molecule is COc1cc(OS(=O)(=O)C(F)(F)F)cc2c1C(=O)C=CC2=O. The lowest BCUT2D eigenvalue weighted by Gasteiger charge is -2.16. The molecule has 0 atom stereocenters. The minimum Gasteiger partial charge on any atom is -0.496 e. The summed E-state index contributed by atoms with van der Waals surface area (Å²) in [7, 11) is -4.80. The van der Waals surface area contributed by atoms with Gasteiger partial charge in [0.2, 0.25) is 0 Å². The number of benzene rings is 1. The molecule has 22 heavy (non-hydrogen) atoms. The number of carbonyl (C=O) groups is 2. The highest BCUT2D eigenvalue weighted by Gasteiger charge is 2.48. The monoisotopic (exact) mass is 336 g/mol. The average Bonchev–Trinajstić information content (AvgIpc) is 2.40. The zero-order valence-corrected chi connectivity index (χ0v) is 11.6. The van der Waals surface area contributed by atoms with Crippen LogP contribution in [-0.2, 0) is 10.1 Å². The molecule has 2 rings (SSSR count). The summed E-state index contributed by atoms with van der Waals surface area (Å²) in [6, 6.07) is 1.53. The first-order chi connectivity index (χ1) is 10.1. The van der Waals surface area contributed by atoms with Gasteiger partial charge in [0.05, 0.1) is 12.7 Å². The number of halogens is 3. The van der Waals surface area contributed by atoms with Gasteiger partial charge in [0.25, 0.3) is 0 Å². The summed E-state index contributed by atoms with van der Waals surface area (Å²) >= 11 is 0. The van der Waals surface area contributed by atoms with E-state index < -0.39 is 32.9 Å². The number of ether oxygens (including phenoxy) is 1. The summed E-state index contributed by atoms with van der Waals surface area (Å²) in [4.78, 5) is 23.4. The number of rotatable bonds is 3. The lowest BCUT2D eigenvalue weighted by atomic mass is 9.93. The topological polar surface area (TPSA) is 86.7 Å². The first-order valence-electron chi connectivity index (χ1n) is 5.56. The normalized spacial score (nSPS) is 14.7. The van der Waals surface area contributed by atoms with E-state index >= 15 is 0 Å². The number of methoxy groups -OCH3 is 1. The van der Waals surface area contributed by atoms with Crippen molar-refractivity contribution in [3.8, 4) is 11.5 Å². The Labute approximate surface area is 122 Å². The molecule has 0 fully saturated rings. The van der Waals surface area contributed by atoms with Gasteiger partial charge in [-0.1, -0.05) is 0 Å². The van der Waals surface area contributed by atoms with Gasteiger partial charge in [-0.05, 0) is 18.2 Å². The Bertz CT molecular complexity index is 792. The second kappa shape index (κ2) is 5.13. The number of fused-ring (bicyclic) bond motifs is 1. The number of allylic oxidation sites excluding steroid dienone is 2. The summed E-state index contributed by atoms with van der Waals surface area (Å²) in [6.45, 7) is 0. The van der Waals surface area contributed by atoms with Crippen LogP contribution in [0.4, 0.5) is 13.2 Å². The maximum Gasteiger partial charge on any atom is 0.534 e. The van der Waals surface area contributed by atoms with Gasteiger partial charge in [0.15, 0.2) is 11.6 Å². The zero-order valence-electron chi connectivity index (χ0n) is 10.8. The molecule has 6 nitrogen and oxygen atoms in total. The fourth-order valence-electron chi connectivity index (χ4n) is 1.75. The minimum atomic E-state index is -5.90. The van der Waals surface area contributed by atoms with E-state index in [9.17, 15) is 31.2 Å². The van der Waals surface area contributed by atoms with Gasteiger partial charge in [-0.15, -0.1) is 0 Å². The summed E-state index contributed by atoms with van der Waals surface area (Å²) in [5.41, 5.74) is -6.11. The third-order valence-electron chi connectivity index (χ3n) is 2.68. The van der Waals surface area contributed by atoms with Crippen LogP contribution >= 0.6 is 0 Å². The Kier molecular flexibility index (Phi) is 3.73. The maximum atomic E-state index is 12.3. The van der Waals surface area contributed by atoms with Crippen molar-refractivity contribution < 1.29 is 40.1 Å². The molecule has 0 spiro atoms. The van der Waals surface area contributed by atoms with E-state index in [2.05, 4.69) is 4.18 Å². The van der Waals surface area contributed by atoms with Crippen molar-refractivity contribution in [3.05, 3.63) is 35.4 Å². The van der Waals surface area contributed by atoms with Gasteiger partial charge in [0.1, 0.15) is 11.5 Å². The van der Waals surface area contributed by atoms with Crippen LogP contribution in [0.25, 0.3) is 0 Å². The van der Waals surface area contributed by atoms with Gasteiger partial charge in [-0.2, -0.15) is 21.6 Å². The Balaban J connectivity index is 2.57. The molecular formula is C12H7F3O6S. The van der Waals surface area contributed by atoms with Crippen molar-refractivity contribution >= 4 is 21.7 Å². The number of hydrogen-bond donors (Lipinski definition) is 0. The molecule has 0 aromatic heterocycles. The molecule has 1 aliphatic rings. The summed E-state index contributed by atoms with van der Waals surface area (Å²) < 4.78 is 67.6. The van der Waals surface area contributed by atoms with Crippen molar-refractivity contribution in [2.24, 2.45) is 0 Å². The second-order valence-electron chi connectivity index (χ2n) is 4.09. The Morgan fingerprint density at radius 3 is 2.18 bits per heavy atom. The van der Waals surface area contributed by atoms with Crippen LogP contribution in [0, 0.1) is 0 Å². The third-order valence-corrected chi connectivity index (χ3v) is 3.66. The van der Waals surface area contributed by atoms with Crippen LogP contribution in [0.2, 0.25) is 0 Å². The molecule has 10 heteroatoms. The fraction of sp³-hybridized carbons (Fsp3) is 0.167. The van der Waals surface area contributed by atoms with Crippen molar-refractivity contribution in [2.75, 3.05) is 7.11 Å². The van der Waals surface area contributed by atoms with Gasteiger partial charge in [0, 0.05) is 11.6 Å². The van der Waals surface area contributed by atoms with Crippen molar-refractivity contribution in [1.82, 2.24) is 0 Å². The smallest absolute Gasteiger partial charge is 0.496 e. The number of hydrogen-bond acceptors (Lipinski definition) is 6. The molecule has 1 aliphatic carbocycles. The quantitative estimate of drug-likeness (QED) is 0.618. The van der Waals surface area contributed by atoms with Gasteiger partial charge >= 0.3 is 15.6 Å². The molecule has 0 unspecified atom stereocenters. The molecule has 0 saturated carbocycles. The molecule has 0 amide bonds. The molecule has 0 radical (unpaired) electrons. The third kappa shape index (κ3) is 2.69. The molecule has 0 N–H and O–H groups in total. The largest absolute Gasteiger partial charge is 0.534 e. The van der Waals surface area contributed by atoms with Crippen LogP contribution in [0.1, 0.15) is 20.7 Å². The van der Waals surface area contributed by atoms with E-state index in [-0.39, 0.29) is 16.9 Å². The van der Waals surface area contributed by atoms with E-state index in [0.717, 1.165) is 31.4 Å². The zero-order chi connectivity index (χ0) is 16.7. The van der Waals surface area contributed by atoms with Crippen LogP contribution in [0.3, 0.4) is 0 Å². The van der Waals surface area contributed by atoms with Crippen molar-refractivity contribution in [1.29, 1.82) is 0 Å². The Morgan fingerprint density at radius 2 is 1.64 bits per heavy atom. The standard InChI is InChI=1S/C12H7F3O6S/c1-20-10-5-6(21-22(18,19)12(13,14)15)4-7-8(16)2-3-9(17)11(7)10/h2-5H,1H3. The summed E-state index contributed by atoms with van der Waals surface area (Å²) in [5.74, 6) is -2.35. The Morgan fingerprint density at radius 1 is 1.05 bits per heavy atom. The summed E-state index contributed by atoms with van der Waals surface area (Å²) in [5, 5.41) is 0. The minimum absolute atomic E-state index is 0.174. The van der Waals surface area contributed by atoms with Crippen LogP contribution in [0.5, 0.6) is 11.5 Å². The Hall–Kier alpha value is -2.36. The highest BCUT2D eigenvalue weighted by Crippen LogP contribution is 2.34. The molecule has 0 bridgehead atoms. The molecular weight excluding hydrogens is 329 g/mol. The van der Waals surface area contributed by atoms with Crippen LogP contribution < -0.4 is 8.92 Å². The van der Waals surface area contributed by atoms with E-state index in [0.29, 0.717) is 0 Å². The molecule has 1 aromatic carbocycles. The number of ketones is 2. The van der Waals surface area contributed by atoms with Gasteiger partial charge in [-0.25, -0.2) is 0 Å². The predicted molar refractivity (Wildman–Crippen MR) is 66.4 cm³/mol. The molecule has 0 aliphatic heterocycles.